The molecular formula is C24H27Cl2N3O3. The van der Waals surface area contributed by atoms with Crippen LogP contribution >= 0.6 is 24.8 Å². The van der Waals surface area contributed by atoms with Crippen molar-refractivity contribution in [3.05, 3.63) is 58.8 Å². The lowest BCUT2D eigenvalue weighted by atomic mass is 9.97. The Balaban J connectivity index is 0.00000181. The lowest BCUT2D eigenvalue weighted by Crippen LogP contribution is -2.03. The number of benzene rings is 2. The first-order chi connectivity index (χ1) is 14.4. The van der Waals surface area contributed by atoms with Crippen LogP contribution in [0.3, 0.4) is 0 Å². The van der Waals surface area contributed by atoms with Gasteiger partial charge in [-0.2, -0.15) is 0 Å². The zero-order chi connectivity index (χ0) is 21.4. The van der Waals surface area contributed by atoms with Crippen LogP contribution in [0.25, 0.3) is 21.7 Å². The van der Waals surface area contributed by atoms with Crippen molar-refractivity contribution in [3.63, 3.8) is 0 Å². The molecule has 4 aromatic rings. The van der Waals surface area contributed by atoms with Gasteiger partial charge in [0.25, 0.3) is 0 Å². The lowest BCUT2D eigenvalue weighted by molar-refractivity contribution is 0.355. The molecule has 0 saturated heterocycles. The van der Waals surface area contributed by atoms with E-state index in [0.29, 0.717) is 17.9 Å². The van der Waals surface area contributed by atoms with E-state index in [1.165, 1.54) is 5.56 Å². The molecule has 8 heteroatoms. The number of nitrogens with zero attached hydrogens (tertiary/aromatic N) is 2. The zero-order valence-corrected chi connectivity index (χ0v) is 20.3. The number of ether oxygens (including phenoxy) is 2. The van der Waals surface area contributed by atoms with Gasteiger partial charge in [0, 0.05) is 35.5 Å². The van der Waals surface area contributed by atoms with Crippen LogP contribution in [0.2, 0.25) is 0 Å². The van der Waals surface area contributed by atoms with E-state index in [0.717, 1.165) is 44.3 Å². The standard InChI is InChI=1S/C24H25N3O3.2ClH/c1-13-6-7-20-15(8-13)9-16(23(25-3)27-20)10-19-18-12-22(30-5)21(29-4)11-17(18)14(2)26-24(19)28;;/h6-9,11-12H,10H2,1-5H3,(H,25,27)(H,26,28);2*1H. The molecule has 0 fully saturated rings. The van der Waals surface area contributed by atoms with Gasteiger partial charge in [-0.1, -0.05) is 11.6 Å². The first kappa shape index (κ1) is 25.3. The van der Waals surface area contributed by atoms with Crippen molar-refractivity contribution in [1.29, 1.82) is 0 Å². The van der Waals surface area contributed by atoms with Crippen LogP contribution in [0, 0.1) is 13.8 Å². The SMILES string of the molecule is CNc1nc2ccc(C)cc2cc1Cc1c(O)nc(C)c2cc(OC)c(OC)cc12.Cl.Cl. The number of anilines is 1. The van der Waals surface area contributed by atoms with Crippen LogP contribution in [0.15, 0.2) is 36.4 Å². The maximum Gasteiger partial charge on any atom is 0.215 e. The molecule has 2 N–H and O–H groups in total. The number of halogens is 2. The van der Waals surface area contributed by atoms with E-state index in [2.05, 4.69) is 35.4 Å². The number of nitrogens with one attached hydrogen (secondary N) is 1. The second-order valence-electron chi connectivity index (χ2n) is 7.37. The topological polar surface area (TPSA) is 76.5 Å². The fraction of sp³-hybridized carbons (Fsp3) is 0.250. The minimum absolute atomic E-state index is 0. The van der Waals surface area contributed by atoms with Crippen LogP contribution < -0.4 is 14.8 Å². The van der Waals surface area contributed by atoms with Gasteiger partial charge >= 0.3 is 0 Å². The average Bonchev–Trinajstić information content (AvgIpc) is 2.74. The summed E-state index contributed by atoms with van der Waals surface area (Å²) in [6, 6.07) is 12.1. The average molecular weight is 476 g/mol. The number of fused-ring (bicyclic) bond motifs is 2. The number of aromatic hydroxyl groups is 1. The monoisotopic (exact) mass is 475 g/mol. The third-order valence-corrected chi connectivity index (χ3v) is 5.44. The molecule has 0 saturated carbocycles. The molecule has 0 aliphatic rings. The smallest absolute Gasteiger partial charge is 0.215 e. The van der Waals surface area contributed by atoms with E-state index < -0.39 is 0 Å². The summed E-state index contributed by atoms with van der Waals surface area (Å²) in [5.41, 5.74) is 4.54. The number of aryl methyl sites for hydroxylation is 2. The minimum Gasteiger partial charge on any atom is -0.493 e. The second-order valence-corrected chi connectivity index (χ2v) is 7.37. The summed E-state index contributed by atoms with van der Waals surface area (Å²) >= 11 is 0. The van der Waals surface area contributed by atoms with Crippen molar-refractivity contribution in [3.8, 4) is 17.4 Å². The van der Waals surface area contributed by atoms with Crippen LogP contribution in [-0.4, -0.2) is 36.3 Å². The molecule has 6 nitrogen and oxygen atoms in total. The highest BCUT2D eigenvalue weighted by molar-refractivity contribution is 5.92. The molecule has 170 valence electrons. The van der Waals surface area contributed by atoms with Crippen LogP contribution in [0.1, 0.15) is 22.4 Å². The molecular weight excluding hydrogens is 449 g/mol. The molecule has 4 rings (SSSR count). The molecule has 0 spiro atoms. The molecule has 2 aromatic carbocycles. The Bertz CT molecular complexity index is 1280. The largest absolute Gasteiger partial charge is 0.493 e. The third kappa shape index (κ3) is 4.47. The Hall–Kier alpha value is -2.96. The van der Waals surface area contributed by atoms with E-state index in [4.69, 9.17) is 14.5 Å². The van der Waals surface area contributed by atoms with Crippen LogP contribution in [-0.2, 0) is 6.42 Å². The summed E-state index contributed by atoms with van der Waals surface area (Å²) in [6.07, 6.45) is 0.470. The second kappa shape index (κ2) is 10.1. The van der Waals surface area contributed by atoms with Crippen molar-refractivity contribution < 1.29 is 14.6 Å². The number of hydrogen-bond donors (Lipinski definition) is 2. The van der Waals surface area contributed by atoms with Gasteiger partial charge < -0.3 is 19.9 Å². The molecule has 2 heterocycles. The number of hydrogen-bond acceptors (Lipinski definition) is 6. The number of pyridine rings is 2. The Morgan fingerprint density at radius 3 is 2.19 bits per heavy atom. The predicted molar refractivity (Wildman–Crippen MR) is 135 cm³/mol. The quantitative estimate of drug-likeness (QED) is 0.391. The highest BCUT2D eigenvalue weighted by Crippen LogP contribution is 2.38. The summed E-state index contributed by atoms with van der Waals surface area (Å²) in [6.45, 7) is 3.94. The van der Waals surface area contributed by atoms with Gasteiger partial charge in [0.1, 0.15) is 5.82 Å². The fourth-order valence-electron chi connectivity index (χ4n) is 3.89. The summed E-state index contributed by atoms with van der Waals surface area (Å²) in [4.78, 5) is 9.14. The van der Waals surface area contributed by atoms with Gasteiger partial charge in [-0.3, -0.25) is 0 Å². The van der Waals surface area contributed by atoms with E-state index in [1.54, 1.807) is 14.2 Å². The van der Waals surface area contributed by atoms with Crippen molar-refractivity contribution >= 4 is 52.3 Å². The zero-order valence-electron chi connectivity index (χ0n) is 18.6. The Morgan fingerprint density at radius 2 is 1.56 bits per heavy atom. The first-order valence-electron chi connectivity index (χ1n) is 9.77. The minimum atomic E-state index is 0. The molecule has 0 atom stereocenters. The highest BCUT2D eigenvalue weighted by atomic mass is 35.5. The first-order valence-corrected chi connectivity index (χ1v) is 9.77. The van der Waals surface area contributed by atoms with Gasteiger partial charge in [0.15, 0.2) is 11.5 Å². The van der Waals surface area contributed by atoms with E-state index in [-0.39, 0.29) is 30.7 Å². The van der Waals surface area contributed by atoms with Crippen molar-refractivity contribution in [2.24, 2.45) is 0 Å². The molecule has 32 heavy (non-hydrogen) atoms. The molecule has 0 aliphatic carbocycles. The van der Waals surface area contributed by atoms with Gasteiger partial charge in [0.05, 0.1) is 19.7 Å². The number of aromatic nitrogens is 2. The van der Waals surface area contributed by atoms with Gasteiger partial charge in [-0.15, -0.1) is 24.8 Å². The van der Waals surface area contributed by atoms with Crippen LogP contribution in [0.4, 0.5) is 5.82 Å². The van der Waals surface area contributed by atoms with Gasteiger partial charge in [-0.05, 0) is 55.1 Å². The summed E-state index contributed by atoms with van der Waals surface area (Å²) < 4.78 is 10.9. The maximum absolute atomic E-state index is 10.7. The molecule has 0 aliphatic heterocycles. The Kier molecular flexibility index (Phi) is 7.99. The Labute approximate surface area is 199 Å². The van der Waals surface area contributed by atoms with Crippen molar-refractivity contribution in [2.45, 2.75) is 20.3 Å². The predicted octanol–water partition coefficient (Wildman–Crippen LogP) is 5.60. The van der Waals surface area contributed by atoms with Crippen LogP contribution in [0.5, 0.6) is 17.4 Å². The van der Waals surface area contributed by atoms with E-state index in [1.807, 2.05) is 32.2 Å². The lowest BCUT2D eigenvalue weighted by Gasteiger charge is -2.16. The molecule has 0 unspecified atom stereocenters. The molecule has 0 bridgehead atoms. The molecule has 0 radical (unpaired) electrons. The van der Waals surface area contributed by atoms with E-state index >= 15 is 0 Å². The maximum atomic E-state index is 10.7. The highest BCUT2D eigenvalue weighted by Gasteiger charge is 2.18. The third-order valence-electron chi connectivity index (χ3n) is 5.44. The van der Waals surface area contributed by atoms with Crippen molar-refractivity contribution in [2.75, 3.05) is 26.6 Å². The number of rotatable bonds is 5. The summed E-state index contributed by atoms with van der Waals surface area (Å²) in [5.74, 6) is 2.03. The summed E-state index contributed by atoms with van der Waals surface area (Å²) in [7, 11) is 5.06. The van der Waals surface area contributed by atoms with Gasteiger partial charge in [-0.25, -0.2) is 9.97 Å². The molecule has 0 amide bonds. The normalized spacial score (nSPS) is 10.4. The fourth-order valence-corrected chi connectivity index (χ4v) is 3.89. The van der Waals surface area contributed by atoms with Crippen molar-refractivity contribution in [1.82, 2.24) is 9.97 Å². The molecule has 2 aromatic heterocycles. The van der Waals surface area contributed by atoms with E-state index in [9.17, 15) is 5.11 Å². The summed E-state index contributed by atoms with van der Waals surface area (Å²) in [5, 5.41) is 16.8. The Morgan fingerprint density at radius 1 is 0.906 bits per heavy atom. The van der Waals surface area contributed by atoms with Gasteiger partial charge in [0.2, 0.25) is 5.88 Å². The number of methoxy groups -OCH3 is 2.